The van der Waals surface area contributed by atoms with Crippen molar-refractivity contribution < 1.29 is 18.3 Å². The topological polar surface area (TPSA) is 99.3 Å². The summed E-state index contributed by atoms with van der Waals surface area (Å²) in [5, 5.41) is 10.7. The summed E-state index contributed by atoms with van der Waals surface area (Å²) in [6, 6.07) is 7.28. The van der Waals surface area contributed by atoms with E-state index in [1.165, 1.54) is 18.5 Å². The predicted octanol–water partition coefficient (Wildman–Crippen LogP) is 5.68. The van der Waals surface area contributed by atoms with Crippen LogP contribution in [0.15, 0.2) is 36.7 Å². The lowest BCUT2D eigenvalue weighted by atomic mass is 9.94. The molecule has 0 bridgehead atoms. The van der Waals surface area contributed by atoms with E-state index < -0.39 is 17.2 Å². The molecule has 11 heteroatoms. The lowest BCUT2D eigenvalue weighted by molar-refractivity contribution is 0.0204. The number of likely N-dealkylation sites (tertiary alicyclic amines) is 1. The third-order valence-electron chi connectivity index (χ3n) is 6.96. The Morgan fingerprint density at radius 2 is 1.84 bits per heavy atom. The van der Waals surface area contributed by atoms with Gasteiger partial charge in [-0.3, -0.25) is 5.10 Å². The maximum absolute atomic E-state index is 14.5. The molecule has 2 aliphatic rings. The van der Waals surface area contributed by atoms with Gasteiger partial charge in [-0.1, -0.05) is 6.07 Å². The van der Waals surface area contributed by atoms with Crippen LogP contribution in [0.4, 0.5) is 31.0 Å². The lowest BCUT2D eigenvalue weighted by Crippen LogP contribution is -2.41. The highest BCUT2D eigenvalue weighted by atomic mass is 19.1. The Bertz CT molecular complexity index is 1280. The summed E-state index contributed by atoms with van der Waals surface area (Å²) in [5.41, 5.74) is 0.953. The number of nitrogens with zero attached hydrogens (tertiary/aromatic N) is 5. The number of hydrogen-bond donors (Lipinski definition) is 2. The Labute approximate surface area is 220 Å². The average molecular weight is 526 g/mol. The van der Waals surface area contributed by atoms with Crippen molar-refractivity contribution in [3.8, 4) is 0 Å². The van der Waals surface area contributed by atoms with Crippen molar-refractivity contribution in [1.82, 2.24) is 25.1 Å². The number of H-pyrrole nitrogens is 1. The standard InChI is InChI=1S/C27H33F2N7O2/c1-27(2,3)38-26(37)35-11-8-17(9-12-35)21-14-24(34-33-21)32-23-15-25(31-16-30-23)36-10-4-5-22(36)19-7-6-18(28)13-20(19)29/h6-7,13-17,22H,4-5,8-12H2,1-3H3,(H2,30,31,32,33,34). The largest absolute Gasteiger partial charge is 0.444 e. The van der Waals surface area contributed by atoms with Crippen molar-refractivity contribution in [2.45, 2.75) is 64.0 Å². The minimum Gasteiger partial charge on any atom is -0.444 e. The summed E-state index contributed by atoms with van der Waals surface area (Å²) in [7, 11) is 0. The van der Waals surface area contributed by atoms with Crippen LogP contribution in [0.1, 0.15) is 69.7 Å². The molecule has 0 aliphatic carbocycles. The Morgan fingerprint density at radius 1 is 1.05 bits per heavy atom. The van der Waals surface area contributed by atoms with Crippen LogP contribution in [-0.2, 0) is 4.74 Å². The highest BCUT2D eigenvalue weighted by Gasteiger charge is 2.30. The van der Waals surface area contributed by atoms with Gasteiger partial charge in [0.2, 0.25) is 0 Å². The molecule has 4 heterocycles. The van der Waals surface area contributed by atoms with Crippen LogP contribution in [-0.4, -0.2) is 56.4 Å². The zero-order chi connectivity index (χ0) is 26.9. The molecule has 5 rings (SSSR count). The van der Waals surface area contributed by atoms with Gasteiger partial charge in [-0.2, -0.15) is 5.10 Å². The van der Waals surface area contributed by atoms with E-state index in [4.69, 9.17) is 4.74 Å². The molecule has 0 radical (unpaired) electrons. The molecule has 3 aromatic rings. The molecule has 1 unspecified atom stereocenters. The molecular weight excluding hydrogens is 492 g/mol. The molecule has 2 aliphatic heterocycles. The van der Waals surface area contributed by atoms with E-state index in [1.54, 1.807) is 4.90 Å². The number of piperidine rings is 1. The third kappa shape index (κ3) is 5.87. The molecule has 1 atom stereocenters. The molecule has 38 heavy (non-hydrogen) atoms. The van der Waals surface area contributed by atoms with Gasteiger partial charge in [-0.05, 0) is 52.5 Å². The molecule has 2 fully saturated rings. The molecule has 9 nitrogen and oxygen atoms in total. The Kier molecular flexibility index (Phi) is 7.18. The predicted molar refractivity (Wildman–Crippen MR) is 139 cm³/mol. The van der Waals surface area contributed by atoms with Crippen molar-refractivity contribution in [3.63, 3.8) is 0 Å². The number of nitrogens with one attached hydrogen (secondary N) is 2. The van der Waals surface area contributed by atoms with Crippen LogP contribution in [0.2, 0.25) is 0 Å². The normalized spacial score (nSPS) is 18.6. The van der Waals surface area contributed by atoms with E-state index in [-0.39, 0.29) is 18.1 Å². The fourth-order valence-corrected chi connectivity index (χ4v) is 5.15. The van der Waals surface area contributed by atoms with Crippen molar-refractivity contribution in [3.05, 3.63) is 59.6 Å². The number of rotatable bonds is 5. The summed E-state index contributed by atoms with van der Waals surface area (Å²) >= 11 is 0. The second-order valence-corrected chi connectivity index (χ2v) is 10.9. The lowest BCUT2D eigenvalue weighted by Gasteiger charge is -2.33. The number of carbonyl (C=O) groups is 1. The van der Waals surface area contributed by atoms with Crippen LogP contribution >= 0.6 is 0 Å². The Morgan fingerprint density at radius 3 is 2.58 bits per heavy atom. The number of carbonyl (C=O) groups excluding carboxylic acids is 1. The number of benzene rings is 1. The fraction of sp³-hybridized carbons (Fsp3) is 0.481. The van der Waals surface area contributed by atoms with Crippen LogP contribution in [0.5, 0.6) is 0 Å². The maximum Gasteiger partial charge on any atom is 0.410 e. The van der Waals surface area contributed by atoms with Crippen LogP contribution in [0, 0.1) is 11.6 Å². The van der Waals surface area contributed by atoms with E-state index in [9.17, 15) is 13.6 Å². The second kappa shape index (κ2) is 10.5. The quantitative estimate of drug-likeness (QED) is 0.442. The van der Waals surface area contributed by atoms with E-state index in [0.717, 1.165) is 37.4 Å². The van der Waals surface area contributed by atoms with Crippen LogP contribution in [0.25, 0.3) is 0 Å². The number of anilines is 3. The van der Waals surface area contributed by atoms with Gasteiger partial charge < -0.3 is 19.9 Å². The minimum absolute atomic E-state index is 0.220. The van der Waals surface area contributed by atoms with Gasteiger partial charge in [0.25, 0.3) is 0 Å². The van der Waals surface area contributed by atoms with E-state index in [0.29, 0.717) is 42.7 Å². The van der Waals surface area contributed by atoms with Crippen LogP contribution < -0.4 is 10.2 Å². The summed E-state index contributed by atoms with van der Waals surface area (Å²) in [4.78, 5) is 24.9. The van der Waals surface area contributed by atoms with Gasteiger partial charge in [-0.25, -0.2) is 23.5 Å². The smallest absolute Gasteiger partial charge is 0.410 e. The molecule has 2 aromatic heterocycles. The summed E-state index contributed by atoms with van der Waals surface area (Å²) in [6.45, 7) is 7.57. The molecule has 1 aromatic carbocycles. The second-order valence-electron chi connectivity index (χ2n) is 10.9. The number of amides is 1. The molecule has 2 saturated heterocycles. The first-order chi connectivity index (χ1) is 18.2. The molecule has 0 spiro atoms. The highest BCUT2D eigenvalue weighted by molar-refractivity contribution is 5.68. The molecule has 1 amide bonds. The highest BCUT2D eigenvalue weighted by Crippen LogP contribution is 2.37. The van der Waals surface area contributed by atoms with E-state index >= 15 is 0 Å². The Hall–Kier alpha value is -3.76. The van der Waals surface area contributed by atoms with Gasteiger partial charge in [0, 0.05) is 55.0 Å². The first kappa shape index (κ1) is 25.9. The molecule has 2 N–H and O–H groups in total. The van der Waals surface area contributed by atoms with Gasteiger partial charge in [0.15, 0.2) is 5.82 Å². The van der Waals surface area contributed by atoms with E-state index in [2.05, 4.69) is 25.5 Å². The van der Waals surface area contributed by atoms with Gasteiger partial charge in [0.1, 0.15) is 35.2 Å². The van der Waals surface area contributed by atoms with Gasteiger partial charge >= 0.3 is 6.09 Å². The van der Waals surface area contributed by atoms with Crippen molar-refractivity contribution in [2.75, 3.05) is 29.9 Å². The van der Waals surface area contributed by atoms with E-state index in [1.807, 2.05) is 37.8 Å². The first-order valence-corrected chi connectivity index (χ1v) is 13.0. The van der Waals surface area contributed by atoms with Gasteiger partial charge in [0.05, 0.1) is 6.04 Å². The first-order valence-electron chi connectivity index (χ1n) is 13.0. The SMILES string of the molecule is CC(C)(C)OC(=O)N1CCC(c2cc(Nc3cc(N4CCCC4c4ccc(F)cc4F)ncn3)n[nH]2)CC1. The third-order valence-corrected chi connectivity index (χ3v) is 6.96. The maximum atomic E-state index is 14.5. The van der Waals surface area contributed by atoms with Crippen molar-refractivity contribution in [2.24, 2.45) is 0 Å². The van der Waals surface area contributed by atoms with Gasteiger partial charge in [-0.15, -0.1) is 0 Å². The van der Waals surface area contributed by atoms with Crippen LogP contribution in [0.3, 0.4) is 0 Å². The summed E-state index contributed by atoms with van der Waals surface area (Å²) < 4.78 is 33.4. The Balaban J connectivity index is 1.22. The average Bonchev–Trinajstić information content (AvgIpc) is 3.53. The molecular formula is C27H33F2N7O2. The number of aromatic amines is 1. The molecule has 0 saturated carbocycles. The number of aromatic nitrogens is 4. The van der Waals surface area contributed by atoms with Crippen molar-refractivity contribution in [1.29, 1.82) is 0 Å². The zero-order valence-electron chi connectivity index (χ0n) is 21.9. The minimum atomic E-state index is -0.587. The number of halogens is 2. The fourth-order valence-electron chi connectivity index (χ4n) is 5.15. The summed E-state index contributed by atoms with van der Waals surface area (Å²) in [5.74, 6) is 0.985. The van der Waals surface area contributed by atoms with Crippen molar-refractivity contribution >= 4 is 23.5 Å². The summed E-state index contributed by atoms with van der Waals surface area (Å²) in [6.07, 6.45) is 4.46. The zero-order valence-corrected chi connectivity index (χ0v) is 21.9. The number of hydrogen-bond acceptors (Lipinski definition) is 7. The molecule has 202 valence electrons. The number of ether oxygens (including phenoxy) is 1. The monoisotopic (exact) mass is 525 g/mol.